The summed E-state index contributed by atoms with van der Waals surface area (Å²) in [6.07, 6.45) is 4.55. The molecule has 2 aromatic heterocycles. The smallest absolute Gasteiger partial charge is 0.280 e. The number of piperidine rings is 1. The molecule has 4 heterocycles. The van der Waals surface area contributed by atoms with E-state index in [0.717, 1.165) is 25.9 Å². The van der Waals surface area contributed by atoms with Crippen molar-refractivity contribution < 1.29 is 9.59 Å². The molecule has 3 aromatic rings. The van der Waals surface area contributed by atoms with Crippen LogP contribution in [0.3, 0.4) is 0 Å². The van der Waals surface area contributed by atoms with Crippen LogP contribution in [0.5, 0.6) is 0 Å². The van der Waals surface area contributed by atoms with Gasteiger partial charge in [0.15, 0.2) is 5.78 Å². The molecule has 11 heteroatoms. The van der Waals surface area contributed by atoms with Crippen molar-refractivity contribution in [1.29, 1.82) is 0 Å². The molecule has 5 rings (SSSR count). The highest BCUT2D eigenvalue weighted by molar-refractivity contribution is 7.16. The van der Waals surface area contributed by atoms with Crippen LogP contribution in [0.25, 0.3) is 5.69 Å². The van der Waals surface area contributed by atoms with E-state index in [1.165, 1.54) is 41.9 Å². The third-order valence-corrected chi connectivity index (χ3v) is 9.41. The quantitative estimate of drug-likeness (QED) is 0.302. The normalized spacial score (nSPS) is 17.2. The second-order valence-corrected chi connectivity index (χ2v) is 12.0. The van der Waals surface area contributed by atoms with E-state index in [9.17, 15) is 14.4 Å². The lowest BCUT2D eigenvalue weighted by Crippen LogP contribution is -2.45. The number of rotatable bonds is 7. The van der Waals surface area contributed by atoms with Crippen LogP contribution in [-0.4, -0.2) is 75.7 Å². The van der Waals surface area contributed by atoms with Crippen molar-refractivity contribution in [2.45, 2.75) is 45.6 Å². The minimum atomic E-state index is -0.294. The third-order valence-electron chi connectivity index (χ3n) is 7.55. The molecular weight excluding hydrogens is 557 g/mol. The number of carbonyl (C=O) groups is 2. The first-order valence-corrected chi connectivity index (χ1v) is 14.7. The van der Waals surface area contributed by atoms with Crippen LogP contribution in [0.1, 0.15) is 63.2 Å². The molecule has 0 unspecified atom stereocenters. The van der Waals surface area contributed by atoms with Gasteiger partial charge in [-0.1, -0.05) is 23.2 Å². The summed E-state index contributed by atoms with van der Waals surface area (Å²) in [5, 5.41) is 3.77. The maximum atomic E-state index is 13.1. The Morgan fingerprint density at radius 1 is 1.03 bits per heavy atom. The van der Waals surface area contributed by atoms with Gasteiger partial charge in [0.25, 0.3) is 11.5 Å². The number of hydrogen-bond acceptors (Lipinski definition) is 6. The third kappa shape index (κ3) is 5.91. The molecule has 1 amide bonds. The van der Waals surface area contributed by atoms with E-state index < -0.39 is 0 Å². The molecule has 0 aliphatic carbocycles. The molecule has 39 heavy (non-hydrogen) atoms. The number of ketones is 1. The number of nitrogens with one attached hydrogen (secondary N) is 1. The Labute approximate surface area is 241 Å². The molecule has 0 atom stereocenters. The SMILES string of the molecule is CC(=NCC(=O)c1ccc(C(=O)N2CCC(N3CCCC3)CC2)s1)c1c(C)[nH]n(-c2ccc(Cl)c(Cl)c2)c1=O. The molecule has 0 saturated carbocycles. The molecule has 2 saturated heterocycles. The van der Waals surface area contributed by atoms with Gasteiger partial charge < -0.3 is 9.80 Å². The fourth-order valence-corrected chi connectivity index (χ4v) is 6.62. The maximum absolute atomic E-state index is 13.1. The van der Waals surface area contributed by atoms with E-state index in [2.05, 4.69) is 15.0 Å². The molecule has 206 valence electrons. The minimum absolute atomic E-state index is 0.00981. The fourth-order valence-electron chi connectivity index (χ4n) is 5.43. The van der Waals surface area contributed by atoms with Gasteiger partial charge in [-0.3, -0.25) is 24.5 Å². The van der Waals surface area contributed by atoms with Gasteiger partial charge in [-0.05, 0) is 83.0 Å². The number of aryl methyl sites for hydroxylation is 1. The predicted octanol–water partition coefficient (Wildman–Crippen LogP) is 5.23. The Morgan fingerprint density at radius 3 is 2.41 bits per heavy atom. The van der Waals surface area contributed by atoms with Gasteiger partial charge in [0.2, 0.25) is 0 Å². The summed E-state index contributed by atoms with van der Waals surface area (Å²) in [6.45, 7) is 7.22. The first-order valence-electron chi connectivity index (χ1n) is 13.2. The Balaban J connectivity index is 1.22. The summed E-state index contributed by atoms with van der Waals surface area (Å²) in [5.74, 6) is -0.200. The summed E-state index contributed by atoms with van der Waals surface area (Å²) in [4.78, 5) is 49.0. The van der Waals surface area contributed by atoms with Gasteiger partial charge in [0.1, 0.15) is 6.54 Å². The Morgan fingerprint density at radius 2 is 1.72 bits per heavy atom. The van der Waals surface area contributed by atoms with E-state index in [1.54, 1.807) is 44.2 Å². The average molecular weight is 589 g/mol. The van der Waals surface area contributed by atoms with E-state index in [4.69, 9.17) is 23.2 Å². The van der Waals surface area contributed by atoms with Crippen molar-refractivity contribution >= 4 is 51.9 Å². The number of likely N-dealkylation sites (tertiary alicyclic amines) is 2. The summed E-state index contributed by atoms with van der Waals surface area (Å²) in [7, 11) is 0. The van der Waals surface area contributed by atoms with Crippen LogP contribution in [0.2, 0.25) is 10.0 Å². The van der Waals surface area contributed by atoms with E-state index in [-0.39, 0.29) is 23.8 Å². The number of H-pyrrole nitrogens is 1. The molecule has 0 radical (unpaired) electrons. The van der Waals surface area contributed by atoms with Crippen LogP contribution in [0.4, 0.5) is 0 Å². The number of benzene rings is 1. The summed E-state index contributed by atoms with van der Waals surface area (Å²) < 4.78 is 1.37. The zero-order valence-electron chi connectivity index (χ0n) is 22.0. The predicted molar refractivity (Wildman–Crippen MR) is 157 cm³/mol. The van der Waals surface area contributed by atoms with Crippen LogP contribution < -0.4 is 5.56 Å². The van der Waals surface area contributed by atoms with Crippen LogP contribution in [0.15, 0.2) is 40.1 Å². The van der Waals surface area contributed by atoms with Crippen LogP contribution in [0, 0.1) is 6.92 Å². The molecule has 2 aliphatic rings. The molecular formula is C28H31Cl2N5O3S. The van der Waals surface area contributed by atoms with E-state index in [0.29, 0.717) is 48.5 Å². The van der Waals surface area contributed by atoms with Gasteiger partial charge >= 0.3 is 0 Å². The summed E-state index contributed by atoms with van der Waals surface area (Å²) in [6, 6.07) is 8.92. The number of aromatic nitrogens is 2. The number of carbonyl (C=O) groups excluding carboxylic acids is 2. The Kier molecular flexibility index (Phi) is 8.42. The zero-order chi connectivity index (χ0) is 27.7. The Bertz CT molecular complexity index is 1480. The van der Waals surface area contributed by atoms with Gasteiger partial charge in [-0.2, -0.15) is 0 Å². The highest BCUT2D eigenvalue weighted by Gasteiger charge is 2.29. The molecule has 0 spiro atoms. The molecule has 8 nitrogen and oxygen atoms in total. The number of Topliss-reactive ketones (excluding diaryl/α,β-unsaturated/α-hetero) is 1. The molecule has 1 aromatic carbocycles. The van der Waals surface area contributed by atoms with Gasteiger partial charge in [0.05, 0.1) is 31.1 Å². The van der Waals surface area contributed by atoms with Crippen LogP contribution >= 0.6 is 34.5 Å². The fraction of sp³-hybridized carbons (Fsp3) is 0.429. The summed E-state index contributed by atoms with van der Waals surface area (Å²) >= 11 is 13.3. The second-order valence-electron chi connectivity index (χ2n) is 10.1. The average Bonchev–Trinajstić information content (AvgIpc) is 3.69. The van der Waals surface area contributed by atoms with Gasteiger partial charge in [0, 0.05) is 30.5 Å². The van der Waals surface area contributed by atoms with Crippen molar-refractivity contribution in [3.63, 3.8) is 0 Å². The number of halogens is 2. The largest absolute Gasteiger partial charge is 0.338 e. The van der Waals surface area contributed by atoms with Crippen LogP contribution in [-0.2, 0) is 0 Å². The first-order chi connectivity index (χ1) is 18.7. The summed E-state index contributed by atoms with van der Waals surface area (Å²) in [5.41, 5.74) is 1.72. The van der Waals surface area contributed by atoms with E-state index >= 15 is 0 Å². The van der Waals surface area contributed by atoms with Crippen molar-refractivity contribution in [3.05, 3.63) is 71.7 Å². The molecule has 0 bridgehead atoms. The lowest BCUT2D eigenvalue weighted by Gasteiger charge is -2.36. The topological polar surface area (TPSA) is 90.8 Å². The molecule has 2 fully saturated rings. The lowest BCUT2D eigenvalue weighted by atomic mass is 10.0. The molecule has 1 N–H and O–H groups in total. The van der Waals surface area contributed by atoms with E-state index in [1.807, 2.05) is 4.90 Å². The number of hydrogen-bond donors (Lipinski definition) is 1. The molecule has 2 aliphatic heterocycles. The number of aromatic amines is 1. The van der Waals surface area contributed by atoms with Crippen molar-refractivity contribution in [3.8, 4) is 5.69 Å². The minimum Gasteiger partial charge on any atom is -0.338 e. The second kappa shape index (κ2) is 11.8. The van der Waals surface area contributed by atoms with Crippen molar-refractivity contribution in [2.75, 3.05) is 32.7 Å². The van der Waals surface area contributed by atoms with Crippen molar-refractivity contribution in [2.24, 2.45) is 4.99 Å². The number of amides is 1. The highest BCUT2D eigenvalue weighted by atomic mass is 35.5. The monoisotopic (exact) mass is 587 g/mol. The number of thiophene rings is 1. The lowest BCUT2D eigenvalue weighted by molar-refractivity contribution is 0.0649. The zero-order valence-corrected chi connectivity index (χ0v) is 24.3. The first kappa shape index (κ1) is 27.8. The number of aliphatic imine (C=N–C) groups is 1. The van der Waals surface area contributed by atoms with Gasteiger partial charge in [-0.15, -0.1) is 11.3 Å². The maximum Gasteiger partial charge on any atom is 0.280 e. The number of nitrogens with zero attached hydrogens (tertiary/aromatic N) is 4. The standard InChI is InChI=1S/C28H31Cl2N5O3S/c1-17(26-18(2)32-35(28(26)38)20-5-6-21(29)22(30)15-20)31-16-23(36)24-7-8-25(39-24)27(37)34-13-9-19(10-14-34)33-11-3-4-12-33/h5-8,15,19,32H,3-4,9-14,16H2,1-2H3. The van der Waals surface area contributed by atoms with Gasteiger partial charge in [-0.25, -0.2) is 4.68 Å². The highest BCUT2D eigenvalue weighted by Crippen LogP contribution is 2.26. The van der Waals surface area contributed by atoms with Crippen molar-refractivity contribution in [1.82, 2.24) is 19.6 Å². The Hall–Kier alpha value is -2.72.